The summed E-state index contributed by atoms with van der Waals surface area (Å²) in [6.07, 6.45) is 1.81. The maximum Gasteiger partial charge on any atom is 0.387 e. The molecule has 0 atom stereocenters. The molecule has 6 heteroatoms. The Morgan fingerprint density at radius 2 is 2.15 bits per heavy atom. The van der Waals surface area contributed by atoms with Gasteiger partial charge in [-0.1, -0.05) is 0 Å². The first kappa shape index (κ1) is 9.50. The predicted octanol–water partition coefficient (Wildman–Crippen LogP) is 1.63. The van der Waals surface area contributed by atoms with Crippen LogP contribution < -0.4 is 4.74 Å². The Balaban J connectivity index is 3.07. The predicted molar refractivity (Wildman–Crippen MR) is 36.2 cm³/mol. The van der Waals surface area contributed by atoms with E-state index in [1.165, 1.54) is 0 Å². The van der Waals surface area contributed by atoms with Crippen LogP contribution in [0.5, 0.6) is 5.75 Å². The highest BCUT2D eigenvalue weighted by Crippen LogP contribution is 2.21. The molecule has 0 fully saturated rings. The molecular weight excluding hydrogens is 187 g/mol. The fourth-order valence-electron chi connectivity index (χ4n) is 0.736. The summed E-state index contributed by atoms with van der Waals surface area (Å²) in [7, 11) is 0. The molecule has 13 heavy (non-hydrogen) atoms. The van der Waals surface area contributed by atoms with Gasteiger partial charge in [0.1, 0.15) is 0 Å². The van der Waals surface area contributed by atoms with Gasteiger partial charge in [0.2, 0.25) is 0 Å². The third-order valence-corrected chi connectivity index (χ3v) is 1.21. The average molecular weight is 191 g/mol. The molecule has 0 aromatic carbocycles. The highest BCUT2D eigenvalue weighted by molar-refractivity contribution is 5.78. The average Bonchev–Trinajstić information content (AvgIpc) is 2.08. The Labute approximate surface area is 71.2 Å². The number of pyridine rings is 1. The van der Waals surface area contributed by atoms with Crippen molar-refractivity contribution in [2.45, 2.75) is 6.61 Å². The van der Waals surface area contributed by atoms with Gasteiger partial charge in [-0.05, 0) is 0 Å². The van der Waals surface area contributed by atoms with E-state index in [9.17, 15) is 18.0 Å². The Kier molecular flexibility index (Phi) is 2.84. The van der Waals surface area contributed by atoms with Crippen molar-refractivity contribution in [1.82, 2.24) is 4.98 Å². The monoisotopic (exact) mass is 191 g/mol. The van der Waals surface area contributed by atoms with E-state index in [1.54, 1.807) is 0 Å². The maximum atomic E-state index is 12.7. The Hall–Kier alpha value is -1.59. The van der Waals surface area contributed by atoms with Gasteiger partial charge in [-0.2, -0.15) is 8.78 Å². The number of carbonyl (C=O) groups excluding carboxylic acids is 1. The zero-order chi connectivity index (χ0) is 9.84. The third kappa shape index (κ3) is 2.17. The van der Waals surface area contributed by atoms with E-state index in [4.69, 9.17) is 0 Å². The van der Waals surface area contributed by atoms with Crippen LogP contribution in [0.25, 0.3) is 0 Å². The minimum atomic E-state index is -3.17. The number of alkyl halides is 2. The van der Waals surface area contributed by atoms with Crippen molar-refractivity contribution in [2.24, 2.45) is 0 Å². The van der Waals surface area contributed by atoms with Gasteiger partial charge in [0.25, 0.3) is 0 Å². The van der Waals surface area contributed by atoms with Crippen LogP contribution >= 0.6 is 0 Å². The molecule has 0 saturated heterocycles. The van der Waals surface area contributed by atoms with E-state index in [0.717, 1.165) is 6.20 Å². The molecule has 0 bridgehead atoms. The minimum absolute atomic E-state index is 0.188. The van der Waals surface area contributed by atoms with Gasteiger partial charge in [-0.15, -0.1) is 0 Å². The molecule has 1 aromatic rings. The number of nitrogens with zero attached hydrogens (tertiary/aromatic N) is 1. The third-order valence-electron chi connectivity index (χ3n) is 1.21. The standard InChI is InChI=1S/C7H4F3NO2/c8-5-2-11-1-4(3-12)6(5)13-7(9)10/h1-3,7H. The van der Waals surface area contributed by atoms with Crippen LogP contribution in [0.2, 0.25) is 0 Å². The largest absolute Gasteiger partial charge is 0.431 e. The Bertz CT molecular complexity index is 317. The van der Waals surface area contributed by atoms with E-state index in [0.29, 0.717) is 6.20 Å². The SMILES string of the molecule is O=Cc1cncc(F)c1OC(F)F. The molecule has 0 amide bonds. The first-order chi connectivity index (χ1) is 6.15. The summed E-state index contributed by atoms with van der Waals surface area (Å²) in [5, 5.41) is 0. The summed E-state index contributed by atoms with van der Waals surface area (Å²) < 4.78 is 39.9. The second kappa shape index (κ2) is 3.88. The van der Waals surface area contributed by atoms with Crippen LogP contribution in [0.1, 0.15) is 10.4 Å². The van der Waals surface area contributed by atoms with Crippen LogP contribution in [-0.2, 0) is 0 Å². The van der Waals surface area contributed by atoms with Gasteiger partial charge >= 0.3 is 6.61 Å². The highest BCUT2D eigenvalue weighted by Gasteiger charge is 2.14. The molecule has 1 aromatic heterocycles. The summed E-state index contributed by atoms with van der Waals surface area (Å²) in [6.45, 7) is -3.17. The molecule has 0 unspecified atom stereocenters. The van der Waals surface area contributed by atoms with E-state index in [1.807, 2.05) is 0 Å². The smallest absolute Gasteiger partial charge is 0.387 e. The van der Waals surface area contributed by atoms with Crippen LogP contribution in [-0.4, -0.2) is 17.9 Å². The number of rotatable bonds is 3. The quantitative estimate of drug-likeness (QED) is 0.681. The molecule has 0 aliphatic heterocycles. The molecule has 0 N–H and O–H groups in total. The maximum absolute atomic E-state index is 12.7. The molecule has 3 nitrogen and oxygen atoms in total. The lowest BCUT2D eigenvalue weighted by atomic mass is 10.3. The van der Waals surface area contributed by atoms with Gasteiger partial charge in [-0.25, -0.2) is 4.39 Å². The Morgan fingerprint density at radius 3 is 2.69 bits per heavy atom. The lowest BCUT2D eigenvalue weighted by Crippen LogP contribution is -2.06. The number of aromatic nitrogens is 1. The Morgan fingerprint density at radius 1 is 1.46 bits per heavy atom. The summed E-state index contributed by atoms with van der Waals surface area (Å²) in [6, 6.07) is 0. The van der Waals surface area contributed by atoms with Gasteiger partial charge in [0.15, 0.2) is 17.9 Å². The molecule has 70 valence electrons. The number of hydrogen-bond donors (Lipinski definition) is 0. The summed E-state index contributed by atoms with van der Waals surface area (Å²) in [5.74, 6) is -1.87. The fraction of sp³-hybridized carbons (Fsp3) is 0.143. The van der Waals surface area contributed by atoms with Crippen molar-refractivity contribution in [3.8, 4) is 5.75 Å². The summed E-state index contributed by atoms with van der Waals surface area (Å²) in [5.41, 5.74) is -0.347. The molecule has 0 spiro atoms. The first-order valence-electron chi connectivity index (χ1n) is 3.18. The van der Waals surface area contributed by atoms with E-state index in [2.05, 4.69) is 9.72 Å². The van der Waals surface area contributed by atoms with Gasteiger partial charge in [-0.3, -0.25) is 9.78 Å². The molecule has 0 aliphatic carbocycles. The number of hydrogen-bond acceptors (Lipinski definition) is 3. The van der Waals surface area contributed by atoms with Crippen LogP contribution in [0.15, 0.2) is 12.4 Å². The van der Waals surface area contributed by atoms with Crippen molar-refractivity contribution in [3.05, 3.63) is 23.8 Å². The van der Waals surface area contributed by atoms with E-state index < -0.39 is 18.2 Å². The second-order valence-electron chi connectivity index (χ2n) is 2.04. The van der Waals surface area contributed by atoms with E-state index >= 15 is 0 Å². The molecule has 1 heterocycles. The minimum Gasteiger partial charge on any atom is -0.431 e. The van der Waals surface area contributed by atoms with E-state index in [-0.39, 0.29) is 11.8 Å². The normalized spacial score (nSPS) is 10.2. The van der Waals surface area contributed by atoms with Crippen molar-refractivity contribution in [2.75, 3.05) is 0 Å². The zero-order valence-corrected chi connectivity index (χ0v) is 6.21. The number of halogens is 3. The van der Waals surface area contributed by atoms with Crippen molar-refractivity contribution in [3.63, 3.8) is 0 Å². The summed E-state index contributed by atoms with van der Waals surface area (Å²) >= 11 is 0. The lowest BCUT2D eigenvalue weighted by molar-refractivity contribution is -0.0525. The van der Waals surface area contributed by atoms with Gasteiger partial charge < -0.3 is 4.74 Å². The van der Waals surface area contributed by atoms with Crippen molar-refractivity contribution >= 4 is 6.29 Å². The van der Waals surface area contributed by atoms with Crippen molar-refractivity contribution in [1.29, 1.82) is 0 Å². The van der Waals surface area contributed by atoms with Crippen molar-refractivity contribution < 1.29 is 22.7 Å². The zero-order valence-electron chi connectivity index (χ0n) is 6.21. The molecule has 1 rings (SSSR count). The van der Waals surface area contributed by atoms with Crippen LogP contribution in [0, 0.1) is 5.82 Å². The van der Waals surface area contributed by atoms with Crippen LogP contribution in [0.3, 0.4) is 0 Å². The van der Waals surface area contributed by atoms with Gasteiger partial charge in [0.05, 0.1) is 11.8 Å². The van der Waals surface area contributed by atoms with Crippen LogP contribution in [0.4, 0.5) is 13.2 Å². The topological polar surface area (TPSA) is 39.2 Å². The summed E-state index contributed by atoms with van der Waals surface area (Å²) in [4.78, 5) is 13.5. The molecule has 0 radical (unpaired) electrons. The molecule has 0 saturated carbocycles. The van der Waals surface area contributed by atoms with Gasteiger partial charge in [0, 0.05) is 6.20 Å². The fourth-order valence-corrected chi connectivity index (χ4v) is 0.736. The molecule has 0 aliphatic rings. The molecular formula is C7H4F3NO2. The number of ether oxygens (including phenoxy) is 1. The number of carbonyl (C=O) groups is 1. The lowest BCUT2D eigenvalue weighted by Gasteiger charge is -2.06. The second-order valence-corrected chi connectivity index (χ2v) is 2.04. The number of aldehydes is 1. The highest BCUT2D eigenvalue weighted by atomic mass is 19.3. The first-order valence-corrected chi connectivity index (χ1v) is 3.18.